The number of amides is 1. The first-order valence-electron chi connectivity index (χ1n) is 6.89. The van der Waals surface area contributed by atoms with Crippen molar-refractivity contribution in [1.82, 2.24) is 4.72 Å². The molecule has 1 amide bonds. The number of rotatable bonds is 6. The zero-order valence-electron chi connectivity index (χ0n) is 12.4. The second-order valence-corrected chi connectivity index (χ2v) is 7.55. The molecule has 1 heterocycles. The zero-order chi connectivity index (χ0) is 16.2. The van der Waals surface area contributed by atoms with Gasteiger partial charge in [-0.25, -0.2) is 13.1 Å². The van der Waals surface area contributed by atoms with Gasteiger partial charge in [0.05, 0.1) is 9.77 Å². The highest BCUT2D eigenvalue weighted by Gasteiger charge is 2.16. The van der Waals surface area contributed by atoms with Gasteiger partial charge in [-0.2, -0.15) is 0 Å². The Labute approximate surface area is 134 Å². The molecule has 1 atom stereocenters. The molecule has 0 saturated heterocycles. The molecule has 0 aliphatic rings. The lowest BCUT2D eigenvalue weighted by atomic mass is 10.3. The number of hydrogen-bond acceptors (Lipinski definition) is 4. The fourth-order valence-corrected chi connectivity index (χ4v) is 3.68. The first-order chi connectivity index (χ1) is 10.4. The molecule has 2 rings (SSSR count). The van der Waals surface area contributed by atoms with Gasteiger partial charge in [0.1, 0.15) is 0 Å². The molecule has 0 saturated carbocycles. The lowest BCUT2D eigenvalue weighted by Gasteiger charge is -2.12. The van der Waals surface area contributed by atoms with E-state index in [2.05, 4.69) is 10.0 Å². The van der Waals surface area contributed by atoms with Gasteiger partial charge in [0.2, 0.25) is 10.0 Å². The van der Waals surface area contributed by atoms with Crippen molar-refractivity contribution in [3.05, 3.63) is 46.7 Å². The standard InChI is InChI=1S/C15H18N2O3S2/c1-3-11(2)17-22(19,20)13-8-6-12(7-9-13)16-15(18)14-5-4-10-21-14/h4-11,17H,3H2,1-2H3,(H,16,18)/t11-/m1/s1. The molecule has 0 bridgehead atoms. The highest BCUT2D eigenvalue weighted by atomic mass is 32.2. The van der Waals surface area contributed by atoms with E-state index in [0.29, 0.717) is 17.0 Å². The lowest BCUT2D eigenvalue weighted by Crippen LogP contribution is -2.31. The van der Waals surface area contributed by atoms with Crippen molar-refractivity contribution in [1.29, 1.82) is 0 Å². The summed E-state index contributed by atoms with van der Waals surface area (Å²) in [6, 6.07) is 9.53. The summed E-state index contributed by atoms with van der Waals surface area (Å²) in [5.74, 6) is -0.205. The summed E-state index contributed by atoms with van der Waals surface area (Å²) in [6.07, 6.45) is 0.716. The van der Waals surface area contributed by atoms with Crippen LogP contribution in [0, 0.1) is 0 Å². The van der Waals surface area contributed by atoms with Gasteiger partial charge in [0.25, 0.3) is 5.91 Å². The molecule has 0 radical (unpaired) electrons. The Morgan fingerprint density at radius 3 is 2.45 bits per heavy atom. The molecule has 1 aromatic heterocycles. The van der Waals surface area contributed by atoms with E-state index in [9.17, 15) is 13.2 Å². The van der Waals surface area contributed by atoms with E-state index in [4.69, 9.17) is 0 Å². The number of benzene rings is 1. The van der Waals surface area contributed by atoms with E-state index >= 15 is 0 Å². The maximum Gasteiger partial charge on any atom is 0.265 e. The van der Waals surface area contributed by atoms with Crippen LogP contribution in [0.3, 0.4) is 0 Å². The summed E-state index contributed by atoms with van der Waals surface area (Å²) in [4.78, 5) is 12.7. The van der Waals surface area contributed by atoms with Crippen LogP contribution in [0.5, 0.6) is 0 Å². The lowest BCUT2D eigenvalue weighted by molar-refractivity contribution is 0.103. The van der Waals surface area contributed by atoms with Crippen molar-refractivity contribution >= 4 is 33.0 Å². The van der Waals surface area contributed by atoms with Crippen LogP contribution in [0.1, 0.15) is 29.9 Å². The van der Waals surface area contributed by atoms with Crippen molar-refractivity contribution in [2.75, 3.05) is 5.32 Å². The monoisotopic (exact) mass is 338 g/mol. The quantitative estimate of drug-likeness (QED) is 0.850. The third kappa shape index (κ3) is 4.16. The van der Waals surface area contributed by atoms with E-state index in [-0.39, 0.29) is 16.8 Å². The van der Waals surface area contributed by atoms with Gasteiger partial charge in [-0.1, -0.05) is 13.0 Å². The molecule has 2 aromatic rings. The predicted octanol–water partition coefficient (Wildman–Crippen LogP) is 3.08. The molecular weight excluding hydrogens is 320 g/mol. The largest absolute Gasteiger partial charge is 0.321 e. The highest BCUT2D eigenvalue weighted by molar-refractivity contribution is 7.89. The summed E-state index contributed by atoms with van der Waals surface area (Å²) < 4.78 is 26.8. The van der Waals surface area contributed by atoms with Gasteiger partial charge in [-0.05, 0) is 49.1 Å². The van der Waals surface area contributed by atoms with Crippen LogP contribution in [0.2, 0.25) is 0 Å². The molecule has 22 heavy (non-hydrogen) atoms. The third-order valence-corrected chi connectivity index (χ3v) is 5.61. The second kappa shape index (κ2) is 7.04. The number of carbonyl (C=O) groups is 1. The Morgan fingerprint density at radius 2 is 1.91 bits per heavy atom. The van der Waals surface area contributed by atoms with Gasteiger partial charge in [-0.3, -0.25) is 4.79 Å². The van der Waals surface area contributed by atoms with Crippen molar-refractivity contribution in [3.8, 4) is 0 Å². The van der Waals surface area contributed by atoms with Gasteiger partial charge in [0, 0.05) is 11.7 Å². The van der Waals surface area contributed by atoms with Gasteiger partial charge < -0.3 is 5.32 Å². The number of sulfonamides is 1. The number of hydrogen-bond donors (Lipinski definition) is 2. The Balaban J connectivity index is 2.09. The fraction of sp³-hybridized carbons (Fsp3) is 0.267. The van der Waals surface area contributed by atoms with Crippen LogP contribution >= 0.6 is 11.3 Å². The molecule has 0 unspecified atom stereocenters. The van der Waals surface area contributed by atoms with Crippen LogP contribution in [0.15, 0.2) is 46.7 Å². The number of thiophene rings is 1. The maximum absolute atomic E-state index is 12.1. The summed E-state index contributed by atoms with van der Waals surface area (Å²) in [5.41, 5.74) is 0.556. The zero-order valence-corrected chi connectivity index (χ0v) is 14.0. The van der Waals surface area contributed by atoms with E-state index in [1.807, 2.05) is 19.2 Å². The van der Waals surface area contributed by atoms with Crippen molar-refractivity contribution in [3.63, 3.8) is 0 Å². The molecule has 2 N–H and O–H groups in total. The highest BCUT2D eigenvalue weighted by Crippen LogP contribution is 2.17. The fourth-order valence-electron chi connectivity index (χ4n) is 1.73. The normalized spacial score (nSPS) is 12.8. The SMILES string of the molecule is CC[C@@H](C)NS(=O)(=O)c1ccc(NC(=O)c2cccs2)cc1. The molecule has 0 fully saturated rings. The van der Waals surface area contributed by atoms with Crippen LogP contribution in [0.25, 0.3) is 0 Å². The van der Waals surface area contributed by atoms with Crippen molar-refractivity contribution < 1.29 is 13.2 Å². The average Bonchev–Trinajstić information content (AvgIpc) is 3.01. The number of nitrogens with one attached hydrogen (secondary N) is 2. The molecular formula is C15H18N2O3S2. The summed E-state index contributed by atoms with van der Waals surface area (Å²) in [7, 11) is -3.52. The summed E-state index contributed by atoms with van der Waals surface area (Å²) in [6.45, 7) is 3.73. The molecule has 5 nitrogen and oxygen atoms in total. The Kier molecular flexibility index (Phi) is 5.33. The average molecular weight is 338 g/mol. The van der Waals surface area contributed by atoms with Crippen molar-refractivity contribution in [2.45, 2.75) is 31.2 Å². The Morgan fingerprint density at radius 1 is 1.23 bits per heavy atom. The van der Waals surface area contributed by atoms with Crippen molar-refractivity contribution in [2.24, 2.45) is 0 Å². The van der Waals surface area contributed by atoms with E-state index < -0.39 is 10.0 Å². The Hall–Kier alpha value is -1.70. The molecule has 118 valence electrons. The summed E-state index contributed by atoms with van der Waals surface area (Å²) in [5, 5.41) is 4.56. The smallest absolute Gasteiger partial charge is 0.265 e. The van der Waals surface area contributed by atoms with Crippen LogP contribution in [-0.4, -0.2) is 20.4 Å². The van der Waals surface area contributed by atoms with Gasteiger partial charge in [-0.15, -0.1) is 11.3 Å². The summed E-state index contributed by atoms with van der Waals surface area (Å²) >= 11 is 1.35. The maximum atomic E-state index is 12.1. The minimum absolute atomic E-state index is 0.122. The minimum atomic E-state index is -3.52. The minimum Gasteiger partial charge on any atom is -0.321 e. The Bertz CT molecular complexity index is 723. The van der Waals surface area contributed by atoms with Gasteiger partial charge >= 0.3 is 0 Å². The topological polar surface area (TPSA) is 75.3 Å². The van der Waals surface area contributed by atoms with Crippen LogP contribution in [-0.2, 0) is 10.0 Å². The van der Waals surface area contributed by atoms with E-state index in [1.54, 1.807) is 24.3 Å². The third-order valence-electron chi connectivity index (χ3n) is 3.14. The predicted molar refractivity (Wildman–Crippen MR) is 88.8 cm³/mol. The number of anilines is 1. The molecule has 1 aromatic carbocycles. The van der Waals surface area contributed by atoms with Crippen LogP contribution in [0.4, 0.5) is 5.69 Å². The van der Waals surface area contributed by atoms with Crippen LogP contribution < -0.4 is 10.0 Å². The second-order valence-electron chi connectivity index (χ2n) is 4.89. The first kappa shape index (κ1) is 16.7. The molecule has 0 aliphatic heterocycles. The first-order valence-corrected chi connectivity index (χ1v) is 9.26. The van der Waals surface area contributed by atoms with E-state index in [1.165, 1.54) is 23.5 Å². The number of carbonyl (C=O) groups excluding carboxylic acids is 1. The molecule has 0 aliphatic carbocycles. The van der Waals surface area contributed by atoms with Gasteiger partial charge in [0.15, 0.2) is 0 Å². The molecule has 7 heteroatoms. The van der Waals surface area contributed by atoms with E-state index in [0.717, 1.165) is 0 Å². The molecule has 0 spiro atoms.